The summed E-state index contributed by atoms with van der Waals surface area (Å²) in [5.41, 5.74) is 2.44. The molecule has 118 valence electrons. The van der Waals surface area contributed by atoms with E-state index in [2.05, 4.69) is 19.9 Å². The lowest BCUT2D eigenvalue weighted by molar-refractivity contribution is 0.0697. The summed E-state index contributed by atoms with van der Waals surface area (Å²) in [5.74, 6) is 0.0616. The van der Waals surface area contributed by atoms with Crippen molar-refractivity contribution < 1.29 is 14.6 Å². The largest absolute Gasteiger partial charge is 0.492 e. The van der Waals surface area contributed by atoms with Crippen molar-refractivity contribution in [3.63, 3.8) is 0 Å². The van der Waals surface area contributed by atoms with Crippen LogP contribution in [0.15, 0.2) is 42.5 Å². The first-order valence-corrected chi connectivity index (χ1v) is 7.55. The first-order chi connectivity index (χ1) is 11.0. The number of benzene rings is 2. The van der Waals surface area contributed by atoms with Crippen LogP contribution in [0.3, 0.4) is 0 Å². The number of carbonyl (C=O) groups is 1. The maximum Gasteiger partial charge on any atom is 0.335 e. The molecule has 4 heteroatoms. The summed E-state index contributed by atoms with van der Waals surface area (Å²) in [7, 11) is 0. The molecule has 2 aromatic rings. The smallest absolute Gasteiger partial charge is 0.335 e. The first kappa shape index (κ1) is 16.6. The molecule has 0 spiro atoms. The second kappa shape index (κ2) is 7.46. The van der Waals surface area contributed by atoms with Crippen molar-refractivity contribution in [2.24, 2.45) is 5.92 Å². The molecular weight excluding hydrogens is 290 g/mol. The third kappa shape index (κ3) is 4.10. The topological polar surface area (TPSA) is 70.3 Å². The van der Waals surface area contributed by atoms with E-state index in [1.807, 2.05) is 6.07 Å². The molecule has 0 saturated carbocycles. The predicted octanol–water partition coefficient (Wildman–Crippen LogP) is 4.35. The molecule has 1 unspecified atom stereocenters. The summed E-state index contributed by atoms with van der Waals surface area (Å²) in [6.07, 6.45) is 1.02. The average molecular weight is 309 g/mol. The third-order valence-electron chi connectivity index (χ3n) is 3.79. The highest BCUT2D eigenvalue weighted by Crippen LogP contribution is 2.27. The van der Waals surface area contributed by atoms with Gasteiger partial charge in [0.15, 0.2) is 0 Å². The number of carboxylic acids is 1. The van der Waals surface area contributed by atoms with Crippen LogP contribution < -0.4 is 4.74 Å². The van der Waals surface area contributed by atoms with E-state index in [1.165, 1.54) is 0 Å². The molecule has 1 atom stereocenters. The molecule has 0 aliphatic carbocycles. The van der Waals surface area contributed by atoms with Crippen LogP contribution >= 0.6 is 0 Å². The van der Waals surface area contributed by atoms with Gasteiger partial charge in [0.25, 0.3) is 0 Å². The number of ether oxygens (including phenoxy) is 1. The van der Waals surface area contributed by atoms with E-state index in [-0.39, 0.29) is 5.56 Å². The summed E-state index contributed by atoms with van der Waals surface area (Å²) >= 11 is 0. The number of nitriles is 1. The van der Waals surface area contributed by atoms with Crippen LogP contribution in [0.4, 0.5) is 0 Å². The second-order valence-electron chi connectivity index (χ2n) is 5.53. The minimum Gasteiger partial charge on any atom is -0.492 e. The standard InChI is InChI=1S/C19H19NO3/c1-3-13(2)12-23-18-9-8-16(10-17(18)11-20)14-4-6-15(7-5-14)19(21)22/h4-10,13H,3,12H2,1-2H3,(H,21,22). The molecule has 0 aromatic heterocycles. The fourth-order valence-corrected chi connectivity index (χ4v) is 2.08. The van der Waals surface area contributed by atoms with Gasteiger partial charge in [0.05, 0.1) is 17.7 Å². The van der Waals surface area contributed by atoms with Crippen molar-refractivity contribution in [1.29, 1.82) is 5.26 Å². The fraction of sp³-hybridized carbons (Fsp3) is 0.263. The maximum absolute atomic E-state index is 10.9. The zero-order valence-electron chi connectivity index (χ0n) is 13.2. The highest BCUT2D eigenvalue weighted by molar-refractivity contribution is 5.88. The van der Waals surface area contributed by atoms with E-state index in [0.29, 0.717) is 23.8 Å². The Morgan fingerprint density at radius 1 is 1.22 bits per heavy atom. The number of hydrogen-bond acceptors (Lipinski definition) is 3. The molecule has 0 radical (unpaired) electrons. The Bertz CT molecular complexity index is 729. The molecule has 1 N–H and O–H groups in total. The van der Waals surface area contributed by atoms with E-state index in [9.17, 15) is 10.1 Å². The molecule has 0 bridgehead atoms. The van der Waals surface area contributed by atoms with Crippen molar-refractivity contribution in [1.82, 2.24) is 0 Å². The Hall–Kier alpha value is -2.80. The van der Waals surface area contributed by atoms with Crippen LogP contribution in [0, 0.1) is 17.2 Å². The van der Waals surface area contributed by atoms with Gasteiger partial charge in [-0.1, -0.05) is 38.5 Å². The van der Waals surface area contributed by atoms with Crippen molar-refractivity contribution >= 4 is 5.97 Å². The lowest BCUT2D eigenvalue weighted by Gasteiger charge is -2.13. The van der Waals surface area contributed by atoms with Crippen molar-refractivity contribution in [3.8, 4) is 22.9 Å². The van der Waals surface area contributed by atoms with Gasteiger partial charge >= 0.3 is 5.97 Å². The molecule has 4 nitrogen and oxygen atoms in total. The highest BCUT2D eigenvalue weighted by atomic mass is 16.5. The Morgan fingerprint density at radius 2 is 1.87 bits per heavy atom. The van der Waals surface area contributed by atoms with Crippen LogP contribution in [0.25, 0.3) is 11.1 Å². The molecule has 0 saturated heterocycles. The summed E-state index contributed by atoms with van der Waals surface area (Å²) in [6.45, 7) is 4.78. The van der Waals surface area contributed by atoms with E-state index < -0.39 is 5.97 Å². The Kier molecular flexibility index (Phi) is 5.37. The molecule has 2 rings (SSSR count). The Labute approximate surface area is 136 Å². The monoisotopic (exact) mass is 309 g/mol. The lowest BCUT2D eigenvalue weighted by atomic mass is 10.0. The Morgan fingerprint density at radius 3 is 2.43 bits per heavy atom. The van der Waals surface area contributed by atoms with Gasteiger partial charge in [0, 0.05) is 0 Å². The summed E-state index contributed by atoms with van der Waals surface area (Å²) < 4.78 is 5.72. The highest BCUT2D eigenvalue weighted by Gasteiger charge is 2.09. The zero-order valence-corrected chi connectivity index (χ0v) is 13.2. The summed E-state index contributed by atoms with van der Waals surface area (Å²) in [5, 5.41) is 18.3. The van der Waals surface area contributed by atoms with Crippen LogP contribution in [0.5, 0.6) is 5.75 Å². The minimum atomic E-state index is -0.956. The first-order valence-electron chi connectivity index (χ1n) is 7.55. The second-order valence-corrected chi connectivity index (χ2v) is 5.53. The van der Waals surface area contributed by atoms with Gasteiger partial charge in [-0.2, -0.15) is 5.26 Å². The summed E-state index contributed by atoms with van der Waals surface area (Å²) in [6, 6.07) is 14.2. The van der Waals surface area contributed by atoms with Gasteiger partial charge < -0.3 is 9.84 Å². The van der Waals surface area contributed by atoms with Gasteiger partial charge in [0.1, 0.15) is 11.8 Å². The number of nitrogens with zero attached hydrogens (tertiary/aromatic N) is 1. The lowest BCUT2D eigenvalue weighted by Crippen LogP contribution is -2.08. The van der Waals surface area contributed by atoms with Crippen molar-refractivity contribution in [2.45, 2.75) is 20.3 Å². The molecule has 0 fully saturated rings. The van der Waals surface area contributed by atoms with Gasteiger partial charge in [-0.25, -0.2) is 4.79 Å². The fourth-order valence-electron chi connectivity index (χ4n) is 2.08. The van der Waals surface area contributed by atoms with Gasteiger partial charge in [0.2, 0.25) is 0 Å². The molecular formula is C19H19NO3. The van der Waals surface area contributed by atoms with Gasteiger partial charge in [-0.05, 0) is 41.3 Å². The van der Waals surface area contributed by atoms with Gasteiger partial charge in [-0.15, -0.1) is 0 Å². The van der Waals surface area contributed by atoms with Crippen LogP contribution in [-0.4, -0.2) is 17.7 Å². The van der Waals surface area contributed by atoms with Crippen LogP contribution in [-0.2, 0) is 0 Å². The normalized spacial score (nSPS) is 11.5. The minimum absolute atomic E-state index is 0.239. The molecule has 23 heavy (non-hydrogen) atoms. The quantitative estimate of drug-likeness (QED) is 0.861. The number of rotatable bonds is 6. The number of hydrogen-bond donors (Lipinski definition) is 1. The Balaban J connectivity index is 2.24. The van der Waals surface area contributed by atoms with E-state index in [0.717, 1.165) is 17.5 Å². The van der Waals surface area contributed by atoms with Crippen LogP contribution in [0.1, 0.15) is 36.2 Å². The van der Waals surface area contributed by atoms with Crippen molar-refractivity contribution in [2.75, 3.05) is 6.61 Å². The molecule has 0 amide bonds. The average Bonchev–Trinajstić information content (AvgIpc) is 2.59. The van der Waals surface area contributed by atoms with Crippen LogP contribution in [0.2, 0.25) is 0 Å². The van der Waals surface area contributed by atoms with Gasteiger partial charge in [-0.3, -0.25) is 0 Å². The van der Waals surface area contributed by atoms with E-state index in [4.69, 9.17) is 9.84 Å². The zero-order chi connectivity index (χ0) is 16.8. The maximum atomic E-state index is 10.9. The SMILES string of the molecule is CCC(C)COc1ccc(-c2ccc(C(=O)O)cc2)cc1C#N. The number of carboxylic acid groups (broad SMARTS) is 1. The summed E-state index contributed by atoms with van der Waals surface area (Å²) in [4.78, 5) is 10.9. The number of aromatic carboxylic acids is 1. The molecule has 0 aliphatic heterocycles. The predicted molar refractivity (Wildman–Crippen MR) is 88.5 cm³/mol. The molecule has 0 heterocycles. The molecule has 2 aromatic carbocycles. The van der Waals surface area contributed by atoms with Crippen molar-refractivity contribution in [3.05, 3.63) is 53.6 Å². The van der Waals surface area contributed by atoms with E-state index in [1.54, 1.807) is 36.4 Å². The third-order valence-corrected chi connectivity index (χ3v) is 3.79. The molecule has 0 aliphatic rings. The van der Waals surface area contributed by atoms with E-state index >= 15 is 0 Å².